The van der Waals surface area contributed by atoms with Gasteiger partial charge in [0, 0.05) is 12.4 Å². The Kier molecular flexibility index (Phi) is 4.34. The number of hydrogen-bond donors (Lipinski definition) is 0. The van der Waals surface area contributed by atoms with E-state index in [0.717, 1.165) is 21.9 Å². The van der Waals surface area contributed by atoms with E-state index in [1.165, 1.54) is 8.42 Å². The van der Waals surface area contributed by atoms with Crippen LogP contribution in [0.4, 0.5) is 0 Å². The second-order valence-electron chi connectivity index (χ2n) is 2.76. The smallest absolute Gasteiger partial charge is 0.145 e. The number of fused-ring (bicyclic) bond motifs is 1. The molecule has 1 unspecified atom stereocenters. The monoisotopic (exact) mass is 282 g/mol. The van der Waals surface area contributed by atoms with Crippen LogP contribution >= 0.6 is 58.4 Å². The molecular formula is C8H10OS5. The molecule has 1 aromatic rings. The van der Waals surface area contributed by atoms with Crippen molar-refractivity contribution < 1.29 is 4.74 Å². The van der Waals surface area contributed by atoms with Crippen LogP contribution in [0.1, 0.15) is 13.3 Å². The number of rotatable bonds is 3. The quantitative estimate of drug-likeness (QED) is 0.755. The molecule has 0 fully saturated rings. The molecule has 0 radical (unpaired) electrons. The summed E-state index contributed by atoms with van der Waals surface area (Å²) in [6.07, 6.45) is 1.09. The van der Waals surface area contributed by atoms with Gasteiger partial charge in [0.05, 0.1) is 8.42 Å². The van der Waals surface area contributed by atoms with Crippen LogP contribution in [0.2, 0.25) is 0 Å². The van der Waals surface area contributed by atoms with Gasteiger partial charge < -0.3 is 4.74 Å². The average molecular weight is 283 g/mol. The zero-order chi connectivity index (χ0) is 9.97. The summed E-state index contributed by atoms with van der Waals surface area (Å²) in [6.45, 7) is 3.00. The van der Waals surface area contributed by atoms with Gasteiger partial charge in [-0.3, -0.25) is 0 Å². The third-order valence-electron chi connectivity index (χ3n) is 1.62. The van der Waals surface area contributed by atoms with Crippen LogP contribution in [0.3, 0.4) is 0 Å². The zero-order valence-electron chi connectivity index (χ0n) is 7.65. The summed E-state index contributed by atoms with van der Waals surface area (Å²) < 4.78 is 9.50. The molecule has 78 valence electrons. The molecule has 0 amide bonds. The summed E-state index contributed by atoms with van der Waals surface area (Å²) in [5.74, 6) is 1.06. The van der Waals surface area contributed by atoms with Gasteiger partial charge in [0.15, 0.2) is 0 Å². The first kappa shape index (κ1) is 11.4. The van der Waals surface area contributed by atoms with Crippen molar-refractivity contribution in [2.45, 2.75) is 27.2 Å². The van der Waals surface area contributed by atoms with Crippen LogP contribution in [0.15, 0.2) is 8.42 Å². The molecule has 1 aliphatic heterocycles. The van der Waals surface area contributed by atoms with E-state index >= 15 is 0 Å². The van der Waals surface area contributed by atoms with Crippen LogP contribution in [0, 0.1) is 3.14 Å². The van der Waals surface area contributed by atoms with Gasteiger partial charge in [-0.1, -0.05) is 30.9 Å². The molecular weight excluding hydrogens is 272 g/mol. The first-order valence-corrected chi connectivity index (χ1v) is 8.25. The third kappa shape index (κ3) is 2.74. The molecule has 2 rings (SSSR count). The van der Waals surface area contributed by atoms with Gasteiger partial charge in [-0.15, -0.1) is 34.4 Å². The van der Waals surface area contributed by atoms with Crippen LogP contribution in [-0.4, -0.2) is 17.8 Å². The first-order chi connectivity index (χ1) is 6.79. The van der Waals surface area contributed by atoms with E-state index in [4.69, 9.17) is 17.0 Å². The Morgan fingerprint density at radius 2 is 2.21 bits per heavy atom. The van der Waals surface area contributed by atoms with E-state index in [-0.39, 0.29) is 0 Å². The maximum absolute atomic E-state index is 5.72. The Labute approximate surface area is 105 Å². The summed E-state index contributed by atoms with van der Waals surface area (Å²) in [5.41, 5.74) is 0.327. The first-order valence-electron chi connectivity index (χ1n) is 4.34. The van der Waals surface area contributed by atoms with Crippen molar-refractivity contribution in [3.63, 3.8) is 0 Å². The predicted molar refractivity (Wildman–Crippen MR) is 69.6 cm³/mol. The molecule has 0 saturated heterocycles. The maximum Gasteiger partial charge on any atom is 0.145 e. The molecule has 1 aliphatic rings. The molecule has 0 bridgehead atoms. The molecule has 0 saturated carbocycles. The summed E-state index contributed by atoms with van der Waals surface area (Å²) in [4.78, 5) is 0. The summed E-state index contributed by atoms with van der Waals surface area (Å²) in [7, 11) is 0. The lowest BCUT2D eigenvalue weighted by Crippen LogP contribution is -2.14. The molecule has 6 heteroatoms. The van der Waals surface area contributed by atoms with Crippen molar-refractivity contribution >= 4 is 58.4 Å². The van der Waals surface area contributed by atoms with E-state index < -0.39 is 0 Å². The van der Waals surface area contributed by atoms with E-state index in [1.54, 1.807) is 22.7 Å². The van der Waals surface area contributed by atoms with Crippen LogP contribution in [0.5, 0.6) is 0 Å². The van der Waals surface area contributed by atoms with Crippen molar-refractivity contribution in [3.05, 3.63) is 3.14 Å². The van der Waals surface area contributed by atoms with Crippen LogP contribution in [0.25, 0.3) is 0 Å². The molecule has 0 N–H and O–H groups in total. The van der Waals surface area contributed by atoms with Crippen molar-refractivity contribution in [2.75, 3.05) is 12.4 Å². The normalized spacial score (nSPS) is 20.8. The molecule has 0 aromatic carbocycles. The highest BCUT2D eigenvalue weighted by Gasteiger charge is 2.22. The fourth-order valence-electron chi connectivity index (χ4n) is 1.04. The fourth-order valence-corrected chi connectivity index (χ4v) is 7.39. The van der Waals surface area contributed by atoms with Gasteiger partial charge in [0.25, 0.3) is 0 Å². The maximum atomic E-state index is 5.72. The van der Waals surface area contributed by atoms with Gasteiger partial charge >= 0.3 is 0 Å². The van der Waals surface area contributed by atoms with Crippen molar-refractivity contribution in [3.8, 4) is 0 Å². The minimum absolute atomic E-state index is 0.327. The van der Waals surface area contributed by atoms with E-state index in [9.17, 15) is 0 Å². The lowest BCUT2D eigenvalue weighted by Gasteiger charge is -2.20. The average Bonchev–Trinajstić information content (AvgIpc) is 2.54. The van der Waals surface area contributed by atoms with E-state index in [1.807, 2.05) is 23.5 Å². The summed E-state index contributed by atoms with van der Waals surface area (Å²) in [6, 6.07) is 0. The van der Waals surface area contributed by atoms with Gasteiger partial charge in [0.2, 0.25) is 0 Å². The molecule has 0 spiro atoms. The Hall–Kier alpha value is 0.930. The van der Waals surface area contributed by atoms with E-state index in [0.29, 0.717) is 5.44 Å². The number of hydrogen-bond acceptors (Lipinski definition) is 6. The van der Waals surface area contributed by atoms with Gasteiger partial charge in [0.1, 0.15) is 8.57 Å². The Bertz CT molecular complexity index is 355. The lowest BCUT2D eigenvalue weighted by atomic mass is 10.5. The SMILES string of the molecule is CCCOC1CSc2sc(=S)sc2S1. The molecule has 1 atom stereocenters. The second kappa shape index (κ2) is 5.32. The summed E-state index contributed by atoms with van der Waals surface area (Å²) >= 11 is 12.4. The molecule has 0 aliphatic carbocycles. The minimum atomic E-state index is 0.327. The van der Waals surface area contributed by atoms with Gasteiger partial charge in [-0.2, -0.15) is 0 Å². The number of ether oxygens (including phenoxy) is 1. The lowest BCUT2D eigenvalue weighted by molar-refractivity contribution is 0.127. The Morgan fingerprint density at radius 3 is 3.00 bits per heavy atom. The highest BCUT2D eigenvalue weighted by molar-refractivity contribution is 8.08. The molecule has 2 heterocycles. The third-order valence-corrected chi connectivity index (χ3v) is 7.52. The number of thioether (sulfide) groups is 2. The van der Waals surface area contributed by atoms with Crippen LogP contribution < -0.4 is 0 Å². The largest absolute Gasteiger partial charge is 0.366 e. The van der Waals surface area contributed by atoms with Gasteiger partial charge in [-0.05, 0) is 6.42 Å². The van der Waals surface area contributed by atoms with Crippen molar-refractivity contribution in [1.82, 2.24) is 0 Å². The second-order valence-corrected chi connectivity index (χ2v) is 8.70. The zero-order valence-corrected chi connectivity index (χ0v) is 11.7. The van der Waals surface area contributed by atoms with Crippen molar-refractivity contribution in [1.29, 1.82) is 0 Å². The Morgan fingerprint density at radius 1 is 1.43 bits per heavy atom. The van der Waals surface area contributed by atoms with E-state index in [2.05, 4.69) is 6.92 Å². The highest BCUT2D eigenvalue weighted by atomic mass is 32.2. The summed E-state index contributed by atoms with van der Waals surface area (Å²) in [5, 5.41) is 0. The predicted octanol–water partition coefficient (Wildman–Crippen LogP) is 4.49. The van der Waals surface area contributed by atoms with Crippen LogP contribution in [-0.2, 0) is 4.74 Å². The Balaban J connectivity index is 2.02. The molecule has 14 heavy (non-hydrogen) atoms. The topological polar surface area (TPSA) is 9.23 Å². The fraction of sp³-hybridized carbons (Fsp3) is 0.625. The van der Waals surface area contributed by atoms with Gasteiger partial charge in [-0.25, -0.2) is 0 Å². The highest BCUT2D eigenvalue weighted by Crippen LogP contribution is 2.47. The standard InChI is InChI=1S/C8H10OS5/c1-2-3-9-5-4-11-6-7(12-5)14-8(10)13-6/h5H,2-4H2,1H3. The van der Waals surface area contributed by atoms with Crippen molar-refractivity contribution in [2.24, 2.45) is 0 Å². The molecule has 1 nitrogen and oxygen atoms in total. The molecule has 1 aromatic heterocycles. The minimum Gasteiger partial charge on any atom is -0.366 e.